The Morgan fingerprint density at radius 1 is 0.591 bits per heavy atom. The Labute approximate surface area is 419 Å². The zero-order valence-corrected chi connectivity index (χ0v) is 41.7. The first-order valence-electron chi connectivity index (χ1n) is 21.8. The summed E-state index contributed by atoms with van der Waals surface area (Å²) in [6.07, 6.45) is 7.67. The molecule has 2 aliphatic rings. The zero-order valence-electron chi connectivity index (χ0n) is 39.4. The van der Waals surface area contributed by atoms with Gasteiger partial charge < -0.3 is 53.8 Å². The van der Waals surface area contributed by atoms with Crippen molar-refractivity contribution in [1.82, 2.24) is 24.9 Å². The summed E-state index contributed by atoms with van der Waals surface area (Å²) in [5.74, 6) is -0.710. The monoisotopic (exact) mass is 1060 g/mol. The van der Waals surface area contributed by atoms with Crippen LogP contribution in [0.3, 0.4) is 0 Å². The van der Waals surface area contributed by atoms with E-state index in [0.717, 1.165) is 82.8 Å². The average Bonchev–Trinajstić information content (AvgIpc) is 3.87. The minimum atomic E-state index is -0.833. The number of carboxylic acid groups (broad SMARTS) is 2. The van der Waals surface area contributed by atoms with Gasteiger partial charge in [0.15, 0.2) is 11.5 Å². The molecule has 18 heteroatoms. The van der Waals surface area contributed by atoms with Gasteiger partial charge >= 0.3 is 0 Å². The molecule has 0 atom stereocenters. The van der Waals surface area contributed by atoms with Crippen molar-refractivity contribution in [3.63, 3.8) is 0 Å². The number of allylic oxidation sites excluding steroid dienone is 4. The van der Waals surface area contributed by atoms with Gasteiger partial charge in [0.1, 0.15) is 13.2 Å². The normalized spacial score (nSPS) is 11.8. The van der Waals surface area contributed by atoms with Crippen LogP contribution in [0, 0.1) is 39.9 Å². The standard InChI is InChI=1S/C44H58N5O8.2C2H4O2.Gd/c1-7-31-32(8-2)36-24-38-34(12-10-14-51)30(4)42(49-38)28-46-40-26-44(57-22-20-55-18-16-53-6)43(56-21-19-54-17-15-52-5)25-39(40)45-27-41-29(3)33(11-9-13-50)37(48-41)23-35(31)47-36;2*1-2(3)4;/h23-28,50-51H,7-22H2,1-6H3;2*1H3,(H,3,4);/q-1;;;. The molecule has 0 amide bonds. The number of methoxy groups -OCH3 is 2. The third-order valence-corrected chi connectivity index (χ3v) is 9.95. The van der Waals surface area contributed by atoms with Crippen LogP contribution in [0.5, 0.6) is 11.5 Å². The Bertz CT molecular complexity index is 2130. The summed E-state index contributed by atoms with van der Waals surface area (Å²) < 4.78 is 34.0. The van der Waals surface area contributed by atoms with Gasteiger partial charge in [-0.1, -0.05) is 37.1 Å². The molecular formula is C48H66GdN5O12-. The first-order valence-corrected chi connectivity index (χ1v) is 21.8. The molecule has 3 aromatic rings. The molecule has 66 heavy (non-hydrogen) atoms. The van der Waals surface area contributed by atoms with Crippen LogP contribution in [-0.2, 0) is 41.4 Å². The largest absolute Gasteiger partial charge is 0.657 e. The van der Waals surface area contributed by atoms with E-state index in [-0.39, 0.29) is 66.4 Å². The number of ether oxygens (including phenoxy) is 6. The summed E-state index contributed by atoms with van der Waals surface area (Å²) in [5.41, 5.74) is 12.4. The summed E-state index contributed by atoms with van der Waals surface area (Å²) in [6, 6.07) is 7.79. The van der Waals surface area contributed by atoms with Crippen molar-refractivity contribution >= 4 is 56.3 Å². The number of aliphatic carboxylic acids is 2. The van der Waals surface area contributed by atoms with E-state index in [1.165, 1.54) is 11.1 Å². The predicted octanol–water partition coefficient (Wildman–Crippen LogP) is 6.76. The van der Waals surface area contributed by atoms with Crippen LogP contribution in [0.15, 0.2) is 36.7 Å². The Balaban J connectivity index is 0.00000154. The molecule has 364 valence electrons. The molecule has 2 aromatic heterocycles. The number of fused-ring (bicyclic) bond motifs is 7. The second-order valence-corrected chi connectivity index (χ2v) is 14.7. The van der Waals surface area contributed by atoms with E-state index >= 15 is 0 Å². The van der Waals surface area contributed by atoms with Gasteiger partial charge in [0.05, 0.1) is 85.8 Å². The topological polar surface area (TPSA) is 236 Å². The maximum atomic E-state index is 9.80. The molecule has 0 saturated carbocycles. The number of aromatic nitrogens is 5. The Hall–Kier alpha value is -4.24. The second kappa shape index (κ2) is 31.7. The molecule has 0 unspecified atom stereocenters. The SMILES string of the molecule is CC(=O)O.CC(=O)O.CCc1c(CC)c2cc3nc(cnc4cc(OCCOCCOC)c(OCCOCCOC)cc4ncc4nc(cc1[n-]2)C(CCCO)=C4C)C(C)=C3CCCO.[Gd]. The number of carboxylic acids is 2. The summed E-state index contributed by atoms with van der Waals surface area (Å²) in [4.78, 5) is 43.4. The number of nitrogens with zero attached hydrogens (tertiary/aromatic N) is 5. The molecule has 4 N–H and O–H groups in total. The fraction of sp³-hybridized carbons (Fsp3) is 0.500. The van der Waals surface area contributed by atoms with Gasteiger partial charge in [-0.05, 0) is 74.7 Å². The molecule has 0 fully saturated rings. The molecular weight excluding hydrogens is 996 g/mol. The smallest absolute Gasteiger partial charge is 0.300 e. The van der Waals surface area contributed by atoms with Crippen molar-refractivity contribution in [2.24, 2.45) is 0 Å². The molecule has 0 radical (unpaired) electrons. The van der Waals surface area contributed by atoms with Crippen LogP contribution in [0.1, 0.15) is 101 Å². The fourth-order valence-electron chi connectivity index (χ4n) is 6.89. The van der Waals surface area contributed by atoms with E-state index < -0.39 is 11.9 Å². The van der Waals surface area contributed by atoms with Gasteiger partial charge in [-0.2, -0.15) is 0 Å². The summed E-state index contributed by atoms with van der Waals surface area (Å²) in [6.45, 7) is 13.9. The molecule has 17 nitrogen and oxygen atoms in total. The third kappa shape index (κ3) is 18.4. The number of aliphatic hydroxyl groups excluding tert-OH is 2. The maximum Gasteiger partial charge on any atom is 0.300 e. The van der Waals surface area contributed by atoms with Gasteiger partial charge in [-0.3, -0.25) is 19.6 Å². The number of carbonyl (C=O) groups is 2. The Morgan fingerprint density at radius 2 is 0.955 bits per heavy atom. The van der Waals surface area contributed by atoms with E-state index in [0.29, 0.717) is 87.9 Å². The molecule has 2 aliphatic heterocycles. The number of hydrogen-bond acceptors (Lipinski definition) is 14. The minimum absolute atomic E-state index is 0. The van der Waals surface area contributed by atoms with E-state index in [2.05, 4.69) is 26.0 Å². The first-order chi connectivity index (χ1) is 31.3. The van der Waals surface area contributed by atoms with Gasteiger partial charge in [0.2, 0.25) is 0 Å². The van der Waals surface area contributed by atoms with Gasteiger partial charge in [-0.15, -0.1) is 11.0 Å². The van der Waals surface area contributed by atoms with Crippen LogP contribution in [0.2, 0.25) is 0 Å². The average molecular weight is 1060 g/mol. The van der Waals surface area contributed by atoms with Crippen LogP contribution < -0.4 is 14.5 Å². The molecule has 0 spiro atoms. The molecule has 0 saturated heterocycles. The fourth-order valence-corrected chi connectivity index (χ4v) is 6.89. The number of benzene rings is 1. The van der Waals surface area contributed by atoms with Gasteiger partial charge in [-0.25, -0.2) is 9.97 Å². The van der Waals surface area contributed by atoms with Gasteiger partial charge in [0.25, 0.3) is 11.9 Å². The van der Waals surface area contributed by atoms with Crippen LogP contribution in [-0.4, -0.2) is 133 Å². The quantitative estimate of drug-likeness (QED) is 0.0760. The Kier molecular flexibility index (Phi) is 27.8. The van der Waals surface area contributed by atoms with Crippen molar-refractivity contribution in [1.29, 1.82) is 0 Å². The second-order valence-electron chi connectivity index (χ2n) is 14.7. The zero-order chi connectivity index (χ0) is 47.7. The first kappa shape index (κ1) is 57.9. The predicted molar refractivity (Wildman–Crippen MR) is 249 cm³/mol. The van der Waals surface area contributed by atoms with Crippen molar-refractivity contribution in [2.75, 3.05) is 80.3 Å². The number of hydrogen-bond donors (Lipinski definition) is 4. The maximum absolute atomic E-state index is 9.80. The van der Waals surface area contributed by atoms with Crippen molar-refractivity contribution in [2.45, 2.75) is 80.1 Å². The molecule has 6 bridgehead atoms. The van der Waals surface area contributed by atoms with Crippen LogP contribution in [0.25, 0.3) is 44.4 Å². The molecule has 5 rings (SSSR count). The van der Waals surface area contributed by atoms with E-state index in [1.807, 2.05) is 26.0 Å². The minimum Gasteiger partial charge on any atom is -0.657 e. The summed E-state index contributed by atoms with van der Waals surface area (Å²) in [7, 11) is 3.27. The summed E-state index contributed by atoms with van der Waals surface area (Å²) in [5, 5.41) is 34.4. The van der Waals surface area contributed by atoms with Gasteiger partial charge in [0, 0.05) is 93.4 Å². The number of rotatable bonds is 22. The molecule has 1 aromatic carbocycles. The third-order valence-electron chi connectivity index (χ3n) is 9.95. The van der Waals surface area contributed by atoms with Crippen molar-refractivity contribution in [3.05, 3.63) is 70.6 Å². The van der Waals surface area contributed by atoms with Crippen LogP contribution in [0.4, 0.5) is 0 Å². The van der Waals surface area contributed by atoms with E-state index in [1.54, 1.807) is 26.6 Å². The van der Waals surface area contributed by atoms with E-state index in [9.17, 15) is 10.2 Å². The van der Waals surface area contributed by atoms with Crippen molar-refractivity contribution < 1.29 is 98.4 Å². The number of aryl methyl sites for hydroxylation is 2. The van der Waals surface area contributed by atoms with E-state index in [4.69, 9.17) is 73.1 Å². The molecule has 0 aliphatic carbocycles. The Morgan fingerprint density at radius 3 is 1.29 bits per heavy atom. The number of aliphatic hydroxyl groups is 2. The molecule has 4 heterocycles. The van der Waals surface area contributed by atoms with Crippen LogP contribution >= 0.6 is 0 Å². The van der Waals surface area contributed by atoms with Crippen molar-refractivity contribution in [3.8, 4) is 11.5 Å². The summed E-state index contributed by atoms with van der Waals surface area (Å²) >= 11 is 0.